The van der Waals surface area contributed by atoms with E-state index in [1.165, 1.54) is 23.1 Å². The van der Waals surface area contributed by atoms with Crippen molar-refractivity contribution in [3.8, 4) is 0 Å². The maximum absolute atomic E-state index is 11.9. The van der Waals surface area contributed by atoms with Crippen molar-refractivity contribution in [2.75, 3.05) is 5.73 Å². The maximum atomic E-state index is 11.9. The summed E-state index contributed by atoms with van der Waals surface area (Å²) < 4.78 is 0.708. The molecular weight excluding hydrogens is 280 g/mol. The van der Waals surface area contributed by atoms with Crippen molar-refractivity contribution in [2.45, 2.75) is 23.1 Å². The molecule has 1 unspecified atom stereocenters. The van der Waals surface area contributed by atoms with Gasteiger partial charge in [0.15, 0.2) is 4.34 Å². The molecule has 1 aromatic heterocycles. The molecule has 0 saturated carbocycles. The van der Waals surface area contributed by atoms with Crippen LogP contribution in [0.3, 0.4) is 0 Å². The number of anilines is 1. The molecule has 5 nitrogen and oxygen atoms in total. The van der Waals surface area contributed by atoms with E-state index in [1.54, 1.807) is 0 Å². The van der Waals surface area contributed by atoms with E-state index in [4.69, 9.17) is 5.73 Å². The van der Waals surface area contributed by atoms with E-state index >= 15 is 0 Å². The summed E-state index contributed by atoms with van der Waals surface area (Å²) in [5, 5.41) is 10.7. The largest absolute Gasteiger partial charge is 0.374 e. The van der Waals surface area contributed by atoms with Crippen molar-refractivity contribution < 1.29 is 4.79 Å². The molecule has 100 valence electrons. The van der Waals surface area contributed by atoms with Crippen LogP contribution in [0.1, 0.15) is 12.5 Å². The first-order chi connectivity index (χ1) is 9.15. The minimum absolute atomic E-state index is 0.0253. The Kier molecular flexibility index (Phi) is 4.75. The van der Waals surface area contributed by atoms with Crippen molar-refractivity contribution in [1.82, 2.24) is 15.5 Å². The van der Waals surface area contributed by atoms with Gasteiger partial charge in [-0.15, -0.1) is 10.2 Å². The molecule has 3 N–H and O–H groups in total. The fourth-order valence-electron chi connectivity index (χ4n) is 1.40. The SMILES string of the molecule is CC(Sc1nnc(N)s1)C(=O)NCc1ccccc1. The number of benzene rings is 1. The molecule has 2 aromatic rings. The smallest absolute Gasteiger partial charge is 0.233 e. The highest BCUT2D eigenvalue weighted by molar-refractivity contribution is 8.02. The zero-order valence-corrected chi connectivity index (χ0v) is 12.0. The molecule has 1 aromatic carbocycles. The van der Waals surface area contributed by atoms with E-state index in [-0.39, 0.29) is 11.2 Å². The number of rotatable bonds is 5. The summed E-state index contributed by atoms with van der Waals surface area (Å²) in [7, 11) is 0. The third-order valence-electron chi connectivity index (χ3n) is 2.38. The van der Waals surface area contributed by atoms with Crippen LogP contribution in [0.15, 0.2) is 34.7 Å². The molecule has 0 aliphatic rings. The molecule has 0 fully saturated rings. The lowest BCUT2D eigenvalue weighted by molar-refractivity contribution is -0.120. The van der Waals surface area contributed by atoms with Crippen LogP contribution in [0.4, 0.5) is 5.13 Å². The monoisotopic (exact) mass is 294 g/mol. The number of thioether (sulfide) groups is 1. The van der Waals surface area contributed by atoms with Gasteiger partial charge in [0, 0.05) is 6.54 Å². The third-order valence-corrected chi connectivity index (χ3v) is 4.32. The molecule has 0 saturated heterocycles. The lowest BCUT2D eigenvalue weighted by atomic mass is 10.2. The Bertz CT molecular complexity index is 544. The van der Waals surface area contributed by atoms with Gasteiger partial charge in [-0.05, 0) is 12.5 Å². The van der Waals surface area contributed by atoms with E-state index in [0.29, 0.717) is 16.0 Å². The zero-order valence-electron chi connectivity index (χ0n) is 10.4. The summed E-state index contributed by atoms with van der Waals surface area (Å²) in [6.45, 7) is 2.37. The molecule has 0 radical (unpaired) electrons. The van der Waals surface area contributed by atoms with Crippen molar-refractivity contribution in [2.24, 2.45) is 0 Å². The third kappa shape index (κ3) is 4.22. The predicted molar refractivity (Wildman–Crippen MR) is 77.9 cm³/mol. The molecular formula is C12H14N4OS2. The van der Waals surface area contributed by atoms with E-state index in [0.717, 1.165) is 5.56 Å². The summed E-state index contributed by atoms with van der Waals surface area (Å²) in [5.41, 5.74) is 6.57. The first-order valence-corrected chi connectivity index (χ1v) is 7.42. The zero-order chi connectivity index (χ0) is 13.7. The number of nitrogen functional groups attached to an aromatic ring is 1. The highest BCUT2D eigenvalue weighted by atomic mass is 32.2. The number of nitrogens with zero attached hydrogens (tertiary/aromatic N) is 2. The molecule has 1 atom stereocenters. The van der Waals surface area contributed by atoms with Crippen LogP contribution >= 0.6 is 23.1 Å². The quantitative estimate of drug-likeness (QED) is 0.823. The van der Waals surface area contributed by atoms with Gasteiger partial charge in [0.05, 0.1) is 5.25 Å². The number of nitrogens with two attached hydrogens (primary N) is 1. The second-order valence-corrected chi connectivity index (χ2v) is 6.47. The highest BCUT2D eigenvalue weighted by Gasteiger charge is 2.16. The van der Waals surface area contributed by atoms with Gasteiger partial charge in [-0.1, -0.05) is 53.4 Å². The number of hydrogen-bond donors (Lipinski definition) is 2. The number of nitrogens with one attached hydrogen (secondary N) is 1. The number of amides is 1. The Hall–Kier alpha value is -1.60. The Morgan fingerprint density at radius 2 is 2.16 bits per heavy atom. The van der Waals surface area contributed by atoms with E-state index in [1.807, 2.05) is 37.3 Å². The molecule has 2 rings (SSSR count). The van der Waals surface area contributed by atoms with Gasteiger partial charge in [0.25, 0.3) is 0 Å². The van der Waals surface area contributed by atoms with Crippen LogP contribution in [0.2, 0.25) is 0 Å². The number of carbonyl (C=O) groups excluding carboxylic acids is 1. The van der Waals surface area contributed by atoms with Crippen LogP contribution in [0, 0.1) is 0 Å². The molecule has 0 aliphatic carbocycles. The Morgan fingerprint density at radius 1 is 1.42 bits per heavy atom. The molecule has 1 amide bonds. The normalized spacial score (nSPS) is 12.1. The molecule has 0 bridgehead atoms. The standard InChI is InChI=1S/C12H14N4OS2/c1-8(18-12-16-15-11(13)19-12)10(17)14-7-9-5-3-2-4-6-9/h2-6,8H,7H2,1H3,(H2,13,15)(H,14,17). The van der Waals surface area contributed by atoms with Gasteiger partial charge in [-0.25, -0.2) is 0 Å². The van der Waals surface area contributed by atoms with E-state index in [9.17, 15) is 4.79 Å². The predicted octanol–water partition coefficient (Wildman–Crippen LogP) is 1.92. The van der Waals surface area contributed by atoms with Crippen molar-refractivity contribution in [1.29, 1.82) is 0 Å². The first kappa shape index (κ1) is 13.8. The summed E-state index contributed by atoms with van der Waals surface area (Å²) in [6, 6.07) is 9.80. The number of aromatic nitrogens is 2. The lowest BCUT2D eigenvalue weighted by Crippen LogP contribution is -2.30. The Balaban J connectivity index is 1.82. The topological polar surface area (TPSA) is 80.9 Å². The van der Waals surface area contributed by atoms with Gasteiger partial charge in [-0.3, -0.25) is 4.79 Å². The van der Waals surface area contributed by atoms with Gasteiger partial charge < -0.3 is 11.1 Å². The molecule has 0 spiro atoms. The molecule has 1 heterocycles. The second-order valence-electron chi connectivity index (χ2n) is 3.87. The van der Waals surface area contributed by atoms with Crippen LogP contribution in [-0.4, -0.2) is 21.4 Å². The van der Waals surface area contributed by atoms with Gasteiger partial charge in [-0.2, -0.15) is 0 Å². The molecule has 0 aliphatic heterocycles. The fraction of sp³-hybridized carbons (Fsp3) is 0.250. The fourth-order valence-corrected chi connectivity index (χ4v) is 3.21. The number of carbonyl (C=O) groups is 1. The summed E-state index contributed by atoms with van der Waals surface area (Å²) in [4.78, 5) is 11.9. The van der Waals surface area contributed by atoms with Gasteiger partial charge in [0.1, 0.15) is 0 Å². The Labute approximate surface area is 119 Å². The van der Waals surface area contributed by atoms with Gasteiger partial charge >= 0.3 is 0 Å². The first-order valence-electron chi connectivity index (χ1n) is 5.72. The summed E-state index contributed by atoms with van der Waals surface area (Å²) >= 11 is 2.65. The lowest BCUT2D eigenvalue weighted by Gasteiger charge is -2.10. The van der Waals surface area contributed by atoms with Crippen molar-refractivity contribution in [3.63, 3.8) is 0 Å². The number of hydrogen-bond acceptors (Lipinski definition) is 6. The highest BCUT2D eigenvalue weighted by Crippen LogP contribution is 2.27. The second kappa shape index (κ2) is 6.53. The minimum atomic E-state index is -0.226. The van der Waals surface area contributed by atoms with Crippen molar-refractivity contribution >= 4 is 34.1 Å². The van der Waals surface area contributed by atoms with Crippen LogP contribution in [-0.2, 0) is 11.3 Å². The summed E-state index contributed by atoms with van der Waals surface area (Å²) in [6.07, 6.45) is 0. The maximum Gasteiger partial charge on any atom is 0.233 e. The van der Waals surface area contributed by atoms with Crippen LogP contribution in [0.5, 0.6) is 0 Å². The Morgan fingerprint density at radius 3 is 2.79 bits per heavy atom. The van der Waals surface area contributed by atoms with E-state index < -0.39 is 0 Å². The average molecular weight is 294 g/mol. The molecule has 19 heavy (non-hydrogen) atoms. The average Bonchev–Trinajstić information content (AvgIpc) is 2.82. The molecule has 7 heteroatoms. The van der Waals surface area contributed by atoms with E-state index in [2.05, 4.69) is 15.5 Å². The van der Waals surface area contributed by atoms with Gasteiger partial charge in [0.2, 0.25) is 11.0 Å². The van der Waals surface area contributed by atoms with Crippen LogP contribution in [0.25, 0.3) is 0 Å². The minimum Gasteiger partial charge on any atom is -0.374 e. The van der Waals surface area contributed by atoms with Crippen LogP contribution < -0.4 is 11.1 Å². The van der Waals surface area contributed by atoms with Crippen molar-refractivity contribution in [3.05, 3.63) is 35.9 Å². The summed E-state index contributed by atoms with van der Waals surface area (Å²) in [5.74, 6) is -0.0253.